The number of hydrogen-bond acceptors (Lipinski definition) is 4. The molecule has 0 N–H and O–H groups in total. The molecular formula is C18H23O3PS. The predicted octanol–water partition coefficient (Wildman–Crippen LogP) is 5.75. The second-order valence-corrected chi connectivity index (χ2v) is 8.13. The van der Waals surface area contributed by atoms with E-state index in [4.69, 9.17) is 9.05 Å². The van der Waals surface area contributed by atoms with E-state index in [2.05, 4.69) is 24.3 Å². The Labute approximate surface area is 142 Å². The Morgan fingerprint density at radius 2 is 1.43 bits per heavy atom. The molecule has 124 valence electrons. The summed E-state index contributed by atoms with van der Waals surface area (Å²) in [6.07, 6.45) is 0.320. The van der Waals surface area contributed by atoms with Crippen LogP contribution < -0.4 is 0 Å². The van der Waals surface area contributed by atoms with Crippen LogP contribution in [0.1, 0.15) is 25.0 Å². The molecule has 0 amide bonds. The fraction of sp³-hybridized carbons (Fsp3) is 0.333. The fourth-order valence-electron chi connectivity index (χ4n) is 2.17. The van der Waals surface area contributed by atoms with Crippen LogP contribution in [0.3, 0.4) is 0 Å². The van der Waals surface area contributed by atoms with Crippen molar-refractivity contribution < 1.29 is 13.6 Å². The van der Waals surface area contributed by atoms with Gasteiger partial charge < -0.3 is 9.05 Å². The lowest BCUT2D eigenvalue weighted by molar-refractivity contribution is 0.219. The van der Waals surface area contributed by atoms with Crippen LogP contribution >= 0.6 is 19.4 Å². The number of hydrogen-bond donors (Lipinski definition) is 0. The van der Waals surface area contributed by atoms with Gasteiger partial charge in [-0.3, -0.25) is 4.57 Å². The number of rotatable bonds is 9. The molecule has 5 heteroatoms. The molecule has 23 heavy (non-hydrogen) atoms. The topological polar surface area (TPSA) is 35.5 Å². The van der Waals surface area contributed by atoms with Gasteiger partial charge in [0.05, 0.1) is 19.4 Å². The van der Waals surface area contributed by atoms with Gasteiger partial charge in [-0.1, -0.05) is 42.5 Å². The molecule has 0 unspecified atom stereocenters. The lowest BCUT2D eigenvalue weighted by Gasteiger charge is -2.17. The lowest BCUT2D eigenvalue weighted by atomic mass is 10.2. The molecule has 0 spiro atoms. The third-order valence-electron chi connectivity index (χ3n) is 3.20. The van der Waals surface area contributed by atoms with Crippen molar-refractivity contribution in [2.24, 2.45) is 0 Å². The van der Waals surface area contributed by atoms with Crippen molar-refractivity contribution in [1.82, 2.24) is 0 Å². The van der Waals surface area contributed by atoms with Crippen LogP contribution in [0.4, 0.5) is 0 Å². The first-order valence-electron chi connectivity index (χ1n) is 7.79. The largest absolute Gasteiger partial charge is 0.335 e. The first-order valence-corrected chi connectivity index (χ1v) is 10.5. The summed E-state index contributed by atoms with van der Waals surface area (Å²) in [5, 5.41) is 0. The Hall–Kier alpha value is -1.06. The van der Waals surface area contributed by atoms with Gasteiger partial charge in [0, 0.05) is 10.6 Å². The average molecular weight is 350 g/mol. The Balaban J connectivity index is 1.94. The SMILES string of the molecule is CCOP(=O)(Cc1ccc(CSc2ccccc2)cc1)OCC. The van der Waals surface area contributed by atoms with Gasteiger partial charge in [-0.2, -0.15) is 0 Å². The van der Waals surface area contributed by atoms with E-state index in [1.807, 2.05) is 44.2 Å². The van der Waals surface area contributed by atoms with E-state index >= 15 is 0 Å². The van der Waals surface area contributed by atoms with Gasteiger partial charge in [-0.25, -0.2) is 0 Å². The quantitative estimate of drug-likeness (QED) is 0.426. The summed E-state index contributed by atoms with van der Waals surface area (Å²) in [4.78, 5) is 1.26. The standard InChI is InChI=1S/C18H23O3PS/c1-3-20-22(19,21-4-2)14-16-10-12-17(13-11-16)15-23-18-8-6-5-7-9-18/h5-13H,3-4,14-15H2,1-2H3. The maximum Gasteiger partial charge on any atom is 0.335 e. The summed E-state index contributed by atoms with van der Waals surface area (Å²) in [5.41, 5.74) is 2.22. The second-order valence-electron chi connectivity index (χ2n) is 5.02. The van der Waals surface area contributed by atoms with Crippen LogP contribution in [-0.2, 0) is 25.5 Å². The van der Waals surface area contributed by atoms with Gasteiger partial charge in [0.15, 0.2) is 0 Å². The molecule has 3 nitrogen and oxygen atoms in total. The Bertz CT molecular complexity index is 618. The maximum atomic E-state index is 12.5. The molecular weight excluding hydrogens is 327 g/mol. The highest BCUT2D eigenvalue weighted by atomic mass is 32.2. The normalized spacial score (nSPS) is 11.6. The van der Waals surface area contributed by atoms with Crippen molar-refractivity contribution in [3.63, 3.8) is 0 Å². The minimum Gasteiger partial charge on any atom is -0.309 e. The zero-order valence-electron chi connectivity index (χ0n) is 13.6. The van der Waals surface area contributed by atoms with E-state index in [9.17, 15) is 4.57 Å². The van der Waals surface area contributed by atoms with E-state index in [-0.39, 0.29) is 0 Å². The lowest BCUT2D eigenvalue weighted by Crippen LogP contribution is -1.99. The Kier molecular flexibility index (Phi) is 7.38. The first kappa shape index (κ1) is 18.3. The molecule has 0 bridgehead atoms. The molecule has 0 heterocycles. The van der Waals surface area contributed by atoms with Gasteiger partial charge in [-0.15, -0.1) is 11.8 Å². The summed E-state index contributed by atoms with van der Waals surface area (Å²) in [7, 11) is -3.02. The highest BCUT2D eigenvalue weighted by molar-refractivity contribution is 7.98. The smallest absolute Gasteiger partial charge is 0.309 e. The molecule has 2 aromatic carbocycles. The molecule has 0 aliphatic carbocycles. The first-order chi connectivity index (χ1) is 11.1. The molecule has 0 saturated heterocycles. The third kappa shape index (κ3) is 6.15. The number of thioether (sulfide) groups is 1. The van der Waals surface area contributed by atoms with Gasteiger partial charge in [0.2, 0.25) is 0 Å². The average Bonchev–Trinajstić information content (AvgIpc) is 2.55. The minimum atomic E-state index is -3.02. The zero-order chi connectivity index (χ0) is 16.5. The van der Waals surface area contributed by atoms with Gasteiger partial charge in [-0.05, 0) is 37.1 Å². The van der Waals surface area contributed by atoms with Crippen molar-refractivity contribution in [2.75, 3.05) is 13.2 Å². The van der Waals surface area contributed by atoms with Crippen molar-refractivity contribution >= 4 is 19.4 Å². The van der Waals surface area contributed by atoms with Crippen LogP contribution in [0.2, 0.25) is 0 Å². The van der Waals surface area contributed by atoms with E-state index in [1.165, 1.54) is 10.5 Å². The van der Waals surface area contributed by atoms with Crippen molar-refractivity contribution in [3.05, 3.63) is 65.7 Å². The molecule has 0 aliphatic heterocycles. The van der Waals surface area contributed by atoms with Crippen molar-refractivity contribution in [2.45, 2.75) is 30.7 Å². The fourth-order valence-corrected chi connectivity index (χ4v) is 4.75. The summed E-state index contributed by atoms with van der Waals surface area (Å²) in [6, 6.07) is 18.5. The molecule has 0 fully saturated rings. The van der Waals surface area contributed by atoms with E-state index in [0.29, 0.717) is 19.4 Å². The Morgan fingerprint density at radius 3 is 2.00 bits per heavy atom. The maximum absolute atomic E-state index is 12.5. The second kappa shape index (κ2) is 9.29. The zero-order valence-corrected chi connectivity index (χ0v) is 15.3. The third-order valence-corrected chi connectivity index (χ3v) is 6.34. The molecule has 2 rings (SSSR count). The minimum absolute atomic E-state index is 0.320. The molecule has 2 aromatic rings. The predicted molar refractivity (Wildman–Crippen MR) is 97.0 cm³/mol. The van der Waals surface area contributed by atoms with E-state index in [1.54, 1.807) is 11.8 Å². The highest BCUT2D eigenvalue weighted by Crippen LogP contribution is 2.51. The summed E-state index contributed by atoms with van der Waals surface area (Å²) in [5.74, 6) is 0.916. The monoisotopic (exact) mass is 350 g/mol. The van der Waals surface area contributed by atoms with Crippen molar-refractivity contribution in [1.29, 1.82) is 0 Å². The van der Waals surface area contributed by atoms with Gasteiger partial charge in [0.1, 0.15) is 0 Å². The molecule has 0 aromatic heterocycles. The summed E-state index contributed by atoms with van der Waals surface area (Å²) >= 11 is 1.80. The molecule has 0 saturated carbocycles. The van der Waals surface area contributed by atoms with Crippen LogP contribution in [0.5, 0.6) is 0 Å². The van der Waals surface area contributed by atoms with E-state index < -0.39 is 7.60 Å². The Morgan fingerprint density at radius 1 is 0.870 bits per heavy atom. The van der Waals surface area contributed by atoms with Crippen molar-refractivity contribution in [3.8, 4) is 0 Å². The molecule has 0 aliphatic rings. The summed E-state index contributed by atoms with van der Waals surface area (Å²) < 4.78 is 23.2. The van der Waals surface area contributed by atoms with Crippen LogP contribution in [0.25, 0.3) is 0 Å². The van der Waals surface area contributed by atoms with Crippen LogP contribution in [0.15, 0.2) is 59.5 Å². The van der Waals surface area contributed by atoms with Crippen LogP contribution in [0, 0.1) is 0 Å². The van der Waals surface area contributed by atoms with Gasteiger partial charge in [0.25, 0.3) is 0 Å². The highest BCUT2D eigenvalue weighted by Gasteiger charge is 2.23. The summed E-state index contributed by atoms with van der Waals surface area (Å²) in [6.45, 7) is 4.44. The molecule has 0 atom stereocenters. The van der Waals surface area contributed by atoms with Gasteiger partial charge >= 0.3 is 7.60 Å². The number of benzene rings is 2. The molecule has 0 radical (unpaired) electrons. The van der Waals surface area contributed by atoms with E-state index in [0.717, 1.165) is 11.3 Å². The van der Waals surface area contributed by atoms with Crippen LogP contribution in [-0.4, -0.2) is 13.2 Å².